The molecule has 0 aliphatic heterocycles. The molecule has 0 saturated heterocycles. The molecule has 112 valence electrons. The monoisotopic (exact) mass is 288 g/mol. The minimum atomic E-state index is -0.804. The van der Waals surface area contributed by atoms with Crippen molar-refractivity contribution in [2.45, 2.75) is 26.8 Å². The zero-order valence-electron chi connectivity index (χ0n) is 12.6. The molecule has 1 N–H and O–H groups in total. The maximum atomic E-state index is 10.9. The van der Waals surface area contributed by atoms with Gasteiger partial charge in [-0.2, -0.15) is 0 Å². The van der Waals surface area contributed by atoms with Crippen LogP contribution in [0.15, 0.2) is 24.3 Å². The SMILES string of the molecule is Cc1ccc(N(CCC(=O)O)Cc2nnc(C)n2C)cc1. The molecule has 0 spiro atoms. The van der Waals surface area contributed by atoms with Crippen molar-refractivity contribution in [2.75, 3.05) is 11.4 Å². The summed E-state index contributed by atoms with van der Waals surface area (Å²) in [6, 6.07) is 8.04. The van der Waals surface area contributed by atoms with Crippen LogP contribution in [0.3, 0.4) is 0 Å². The summed E-state index contributed by atoms with van der Waals surface area (Å²) >= 11 is 0. The van der Waals surface area contributed by atoms with E-state index in [-0.39, 0.29) is 6.42 Å². The molecule has 0 atom stereocenters. The zero-order chi connectivity index (χ0) is 15.4. The molecule has 21 heavy (non-hydrogen) atoms. The number of hydrogen-bond donors (Lipinski definition) is 1. The molecular formula is C15H20N4O2. The average Bonchev–Trinajstić information content (AvgIpc) is 2.76. The standard InChI is InChI=1S/C15H20N4O2/c1-11-4-6-13(7-5-11)19(9-8-15(20)21)10-14-17-16-12(2)18(14)3/h4-7H,8-10H2,1-3H3,(H,20,21). The molecule has 0 aliphatic carbocycles. The lowest BCUT2D eigenvalue weighted by atomic mass is 10.2. The van der Waals surface area contributed by atoms with E-state index < -0.39 is 5.97 Å². The lowest BCUT2D eigenvalue weighted by Gasteiger charge is -2.23. The van der Waals surface area contributed by atoms with Crippen molar-refractivity contribution in [2.24, 2.45) is 7.05 Å². The Morgan fingerprint density at radius 3 is 2.43 bits per heavy atom. The van der Waals surface area contributed by atoms with Gasteiger partial charge in [0.2, 0.25) is 0 Å². The van der Waals surface area contributed by atoms with Crippen molar-refractivity contribution < 1.29 is 9.90 Å². The van der Waals surface area contributed by atoms with Gasteiger partial charge in [-0.25, -0.2) is 0 Å². The van der Waals surface area contributed by atoms with E-state index >= 15 is 0 Å². The summed E-state index contributed by atoms with van der Waals surface area (Å²) < 4.78 is 1.92. The number of aliphatic carboxylic acids is 1. The van der Waals surface area contributed by atoms with Crippen LogP contribution in [0.25, 0.3) is 0 Å². The van der Waals surface area contributed by atoms with E-state index in [2.05, 4.69) is 10.2 Å². The van der Waals surface area contributed by atoms with Crippen LogP contribution in [0.2, 0.25) is 0 Å². The highest BCUT2D eigenvalue weighted by molar-refractivity contribution is 5.67. The van der Waals surface area contributed by atoms with Crippen LogP contribution in [0.1, 0.15) is 23.6 Å². The molecule has 6 nitrogen and oxygen atoms in total. The van der Waals surface area contributed by atoms with E-state index in [0.717, 1.165) is 17.3 Å². The Morgan fingerprint density at radius 2 is 1.90 bits per heavy atom. The number of benzene rings is 1. The highest BCUT2D eigenvalue weighted by Crippen LogP contribution is 2.18. The number of aromatic nitrogens is 3. The zero-order valence-corrected chi connectivity index (χ0v) is 12.6. The van der Waals surface area contributed by atoms with Gasteiger partial charge in [-0.05, 0) is 26.0 Å². The third kappa shape index (κ3) is 3.81. The van der Waals surface area contributed by atoms with Gasteiger partial charge in [-0.1, -0.05) is 17.7 Å². The maximum absolute atomic E-state index is 10.9. The first-order chi connectivity index (χ1) is 9.97. The van der Waals surface area contributed by atoms with Gasteiger partial charge in [0.1, 0.15) is 5.82 Å². The lowest BCUT2D eigenvalue weighted by Crippen LogP contribution is -2.27. The summed E-state index contributed by atoms with van der Waals surface area (Å²) in [7, 11) is 1.91. The molecule has 0 bridgehead atoms. The van der Waals surface area contributed by atoms with Crippen LogP contribution in [-0.4, -0.2) is 32.4 Å². The first-order valence-corrected chi connectivity index (χ1v) is 6.85. The number of anilines is 1. The van der Waals surface area contributed by atoms with Gasteiger partial charge in [0.25, 0.3) is 0 Å². The van der Waals surface area contributed by atoms with Crippen molar-refractivity contribution in [3.63, 3.8) is 0 Å². The second-order valence-electron chi connectivity index (χ2n) is 5.12. The van der Waals surface area contributed by atoms with Crippen LogP contribution in [-0.2, 0) is 18.4 Å². The molecular weight excluding hydrogens is 268 g/mol. The summed E-state index contributed by atoms with van der Waals surface area (Å²) in [5.41, 5.74) is 2.16. The van der Waals surface area contributed by atoms with E-state index in [1.165, 1.54) is 5.56 Å². The Labute approximate surface area is 124 Å². The van der Waals surface area contributed by atoms with Crippen LogP contribution in [0, 0.1) is 13.8 Å². The van der Waals surface area contributed by atoms with Gasteiger partial charge < -0.3 is 14.6 Å². The van der Waals surface area contributed by atoms with E-state index in [9.17, 15) is 4.79 Å². The van der Waals surface area contributed by atoms with Crippen molar-refractivity contribution >= 4 is 11.7 Å². The van der Waals surface area contributed by atoms with E-state index in [1.54, 1.807) is 0 Å². The number of hydrogen-bond acceptors (Lipinski definition) is 4. The average molecular weight is 288 g/mol. The van der Waals surface area contributed by atoms with E-state index in [1.807, 2.05) is 54.6 Å². The highest BCUT2D eigenvalue weighted by Gasteiger charge is 2.13. The van der Waals surface area contributed by atoms with E-state index in [0.29, 0.717) is 13.1 Å². The van der Waals surface area contributed by atoms with Gasteiger partial charge >= 0.3 is 5.97 Å². The Balaban J connectivity index is 2.21. The molecule has 0 unspecified atom stereocenters. The number of rotatable bonds is 6. The molecule has 0 saturated carbocycles. The smallest absolute Gasteiger partial charge is 0.305 e. The third-order valence-corrected chi connectivity index (χ3v) is 3.51. The van der Waals surface area contributed by atoms with Crippen LogP contribution in [0.5, 0.6) is 0 Å². The predicted molar refractivity (Wildman–Crippen MR) is 80.2 cm³/mol. The molecule has 0 aliphatic rings. The van der Waals surface area contributed by atoms with Crippen molar-refractivity contribution in [1.29, 1.82) is 0 Å². The van der Waals surface area contributed by atoms with Crippen LogP contribution < -0.4 is 4.90 Å². The molecule has 0 radical (unpaired) electrons. The van der Waals surface area contributed by atoms with Crippen molar-refractivity contribution in [1.82, 2.24) is 14.8 Å². The number of carboxylic acids is 1. The van der Waals surface area contributed by atoms with Gasteiger partial charge in [0, 0.05) is 19.3 Å². The molecule has 1 aromatic heterocycles. The number of carboxylic acid groups (broad SMARTS) is 1. The van der Waals surface area contributed by atoms with Gasteiger partial charge in [0.05, 0.1) is 13.0 Å². The second kappa shape index (κ2) is 6.39. The topological polar surface area (TPSA) is 71.2 Å². The first kappa shape index (κ1) is 15.0. The molecule has 1 aromatic carbocycles. The molecule has 2 rings (SSSR count). The minimum Gasteiger partial charge on any atom is -0.481 e. The predicted octanol–water partition coefficient (Wildman–Crippen LogP) is 1.91. The molecule has 2 aromatic rings. The number of nitrogens with zero attached hydrogens (tertiary/aromatic N) is 4. The molecule has 6 heteroatoms. The summed E-state index contributed by atoms with van der Waals surface area (Å²) in [5.74, 6) is 0.854. The Kier molecular flexibility index (Phi) is 4.57. The third-order valence-electron chi connectivity index (χ3n) is 3.51. The van der Waals surface area contributed by atoms with E-state index in [4.69, 9.17) is 5.11 Å². The first-order valence-electron chi connectivity index (χ1n) is 6.85. The fourth-order valence-corrected chi connectivity index (χ4v) is 2.05. The quantitative estimate of drug-likeness (QED) is 0.879. The maximum Gasteiger partial charge on any atom is 0.305 e. The fourth-order valence-electron chi connectivity index (χ4n) is 2.05. The molecule has 0 fully saturated rings. The number of carbonyl (C=O) groups is 1. The van der Waals surface area contributed by atoms with Crippen molar-refractivity contribution in [3.8, 4) is 0 Å². The van der Waals surface area contributed by atoms with Crippen LogP contribution >= 0.6 is 0 Å². The lowest BCUT2D eigenvalue weighted by molar-refractivity contribution is -0.136. The van der Waals surface area contributed by atoms with Crippen molar-refractivity contribution in [3.05, 3.63) is 41.5 Å². The van der Waals surface area contributed by atoms with Crippen LogP contribution in [0.4, 0.5) is 5.69 Å². The summed E-state index contributed by atoms with van der Waals surface area (Å²) in [6.07, 6.45) is 0.0880. The molecule has 1 heterocycles. The summed E-state index contributed by atoms with van der Waals surface area (Å²) in [4.78, 5) is 12.9. The largest absolute Gasteiger partial charge is 0.481 e. The Morgan fingerprint density at radius 1 is 1.24 bits per heavy atom. The molecule has 0 amide bonds. The highest BCUT2D eigenvalue weighted by atomic mass is 16.4. The summed E-state index contributed by atoms with van der Waals surface area (Å²) in [5, 5.41) is 17.1. The van der Waals surface area contributed by atoms with Gasteiger partial charge in [-0.3, -0.25) is 4.79 Å². The Bertz CT molecular complexity index is 619. The summed E-state index contributed by atoms with van der Waals surface area (Å²) in [6.45, 7) is 4.89. The second-order valence-corrected chi connectivity index (χ2v) is 5.12. The fraction of sp³-hybridized carbons (Fsp3) is 0.400. The Hall–Kier alpha value is -2.37. The van der Waals surface area contributed by atoms with Gasteiger partial charge in [0.15, 0.2) is 5.82 Å². The number of aryl methyl sites for hydroxylation is 2. The van der Waals surface area contributed by atoms with Gasteiger partial charge in [-0.15, -0.1) is 10.2 Å². The normalized spacial score (nSPS) is 10.6. The minimum absolute atomic E-state index is 0.0880.